The number of methoxy groups -OCH3 is 1. The number of halogens is 1. The first-order valence-electron chi connectivity index (χ1n) is 5.67. The Labute approximate surface area is 114 Å². The van der Waals surface area contributed by atoms with Crippen molar-refractivity contribution in [2.24, 2.45) is 0 Å². The Bertz CT molecular complexity index is 627. The molecule has 0 bridgehead atoms. The van der Waals surface area contributed by atoms with Crippen molar-refractivity contribution in [1.29, 1.82) is 0 Å². The first kappa shape index (κ1) is 12.0. The van der Waals surface area contributed by atoms with Gasteiger partial charge in [0.25, 0.3) is 0 Å². The quantitative estimate of drug-likeness (QED) is 0.881. The average molecular weight is 282 g/mol. The minimum atomic E-state index is 0.409. The predicted octanol–water partition coefficient (Wildman–Crippen LogP) is 2.09. The molecule has 3 rings (SSSR count). The minimum Gasteiger partial charge on any atom is -0.495 e. The standard InChI is InChI=1S/C12H12ClN3O3/c1-17-7-4-8-11(19-3-2-18-8)9(10(7)13)6-5-15-16-12(6)14/h4-5H,2-3H2,1H3,(H3,14,15,16). The van der Waals surface area contributed by atoms with Gasteiger partial charge in [-0.2, -0.15) is 5.10 Å². The van der Waals surface area contributed by atoms with Gasteiger partial charge in [-0.15, -0.1) is 0 Å². The van der Waals surface area contributed by atoms with E-state index in [2.05, 4.69) is 10.2 Å². The predicted molar refractivity (Wildman–Crippen MR) is 71.0 cm³/mol. The molecule has 1 aliphatic heterocycles. The molecule has 0 radical (unpaired) electrons. The zero-order valence-electron chi connectivity index (χ0n) is 10.2. The maximum absolute atomic E-state index is 6.35. The molecule has 0 saturated carbocycles. The number of rotatable bonds is 2. The molecule has 0 aliphatic carbocycles. The Morgan fingerprint density at radius 3 is 2.89 bits per heavy atom. The van der Waals surface area contributed by atoms with Gasteiger partial charge >= 0.3 is 0 Å². The average Bonchev–Trinajstić information content (AvgIpc) is 2.84. The van der Waals surface area contributed by atoms with E-state index in [0.717, 1.165) is 0 Å². The van der Waals surface area contributed by atoms with Gasteiger partial charge in [-0.3, -0.25) is 5.10 Å². The van der Waals surface area contributed by atoms with E-state index < -0.39 is 0 Å². The summed E-state index contributed by atoms with van der Waals surface area (Å²) in [4.78, 5) is 0. The Balaban J connectivity index is 2.29. The van der Waals surface area contributed by atoms with Crippen LogP contribution in [0, 0.1) is 0 Å². The molecule has 0 unspecified atom stereocenters. The van der Waals surface area contributed by atoms with E-state index in [4.69, 9.17) is 31.5 Å². The first-order chi connectivity index (χ1) is 9.22. The van der Waals surface area contributed by atoms with Crippen molar-refractivity contribution in [3.63, 3.8) is 0 Å². The van der Waals surface area contributed by atoms with Gasteiger partial charge in [0.1, 0.15) is 24.8 Å². The van der Waals surface area contributed by atoms with Gasteiger partial charge in [-0.05, 0) is 0 Å². The number of hydrogen-bond donors (Lipinski definition) is 2. The third-order valence-electron chi connectivity index (χ3n) is 2.89. The molecule has 7 heteroatoms. The molecular weight excluding hydrogens is 270 g/mol. The summed E-state index contributed by atoms with van der Waals surface area (Å²) >= 11 is 6.35. The van der Waals surface area contributed by atoms with Crippen LogP contribution in [0.5, 0.6) is 17.2 Å². The lowest BCUT2D eigenvalue weighted by molar-refractivity contribution is 0.171. The van der Waals surface area contributed by atoms with Crippen molar-refractivity contribution >= 4 is 17.4 Å². The lowest BCUT2D eigenvalue weighted by Crippen LogP contribution is -2.16. The summed E-state index contributed by atoms with van der Waals surface area (Å²) in [6.45, 7) is 0.943. The van der Waals surface area contributed by atoms with Crippen LogP contribution in [-0.2, 0) is 0 Å². The minimum absolute atomic E-state index is 0.409. The molecular formula is C12H12ClN3O3. The van der Waals surface area contributed by atoms with E-state index >= 15 is 0 Å². The number of aromatic amines is 1. The third kappa shape index (κ3) is 1.84. The number of H-pyrrole nitrogens is 1. The molecule has 2 aromatic rings. The van der Waals surface area contributed by atoms with Crippen molar-refractivity contribution < 1.29 is 14.2 Å². The third-order valence-corrected chi connectivity index (χ3v) is 3.27. The summed E-state index contributed by atoms with van der Waals surface area (Å²) in [7, 11) is 1.54. The smallest absolute Gasteiger partial charge is 0.171 e. The Hall–Kier alpha value is -2.08. The molecule has 0 amide bonds. The molecule has 2 heterocycles. The number of nitrogen functional groups attached to an aromatic ring is 1. The van der Waals surface area contributed by atoms with Crippen molar-refractivity contribution in [2.75, 3.05) is 26.1 Å². The van der Waals surface area contributed by atoms with Gasteiger partial charge in [0.05, 0.1) is 23.9 Å². The second-order valence-corrected chi connectivity index (χ2v) is 4.37. The summed E-state index contributed by atoms with van der Waals surface area (Å²) in [6, 6.07) is 1.70. The van der Waals surface area contributed by atoms with E-state index in [1.165, 1.54) is 0 Å². The maximum Gasteiger partial charge on any atom is 0.171 e. The molecule has 0 fully saturated rings. The van der Waals surface area contributed by atoms with Crippen LogP contribution in [0.4, 0.5) is 5.82 Å². The molecule has 1 aromatic carbocycles. The number of benzene rings is 1. The van der Waals surface area contributed by atoms with Crippen LogP contribution in [0.25, 0.3) is 11.1 Å². The van der Waals surface area contributed by atoms with Gasteiger partial charge in [-0.25, -0.2) is 0 Å². The van der Waals surface area contributed by atoms with Gasteiger partial charge in [0.2, 0.25) is 0 Å². The fraction of sp³-hybridized carbons (Fsp3) is 0.250. The van der Waals surface area contributed by atoms with E-state index in [1.807, 2.05) is 0 Å². The SMILES string of the molecule is COc1cc2c(c(-c3cn[nH]c3N)c1Cl)OCCO2. The van der Waals surface area contributed by atoms with Crippen LogP contribution in [0.15, 0.2) is 12.3 Å². The van der Waals surface area contributed by atoms with Crippen molar-refractivity contribution in [3.05, 3.63) is 17.3 Å². The molecule has 0 atom stereocenters. The van der Waals surface area contributed by atoms with Gasteiger partial charge in [0, 0.05) is 11.6 Å². The van der Waals surface area contributed by atoms with E-state index in [1.54, 1.807) is 19.4 Å². The summed E-state index contributed by atoms with van der Waals surface area (Å²) in [5.41, 5.74) is 7.14. The highest BCUT2D eigenvalue weighted by Gasteiger charge is 2.25. The highest BCUT2D eigenvalue weighted by Crippen LogP contribution is 2.49. The number of hydrogen-bond acceptors (Lipinski definition) is 5. The number of ether oxygens (including phenoxy) is 3. The summed E-state index contributed by atoms with van der Waals surface area (Å²) in [6.07, 6.45) is 1.59. The number of nitrogens with two attached hydrogens (primary N) is 1. The highest BCUT2D eigenvalue weighted by molar-refractivity contribution is 6.35. The van der Waals surface area contributed by atoms with Crippen molar-refractivity contribution in [1.82, 2.24) is 10.2 Å². The molecule has 19 heavy (non-hydrogen) atoms. The van der Waals surface area contributed by atoms with Crippen LogP contribution >= 0.6 is 11.6 Å². The van der Waals surface area contributed by atoms with Crippen LogP contribution in [0.1, 0.15) is 0 Å². The largest absolute Gasteiger partial charge is 0.495 e. The van der Waals surface area contributed by atoms with Gasteiger partial charge in [0.15, 0.2) is 11.5 Å². The topological polar surface area (TPSA) is 82.4 Å². The highest BCUT2D eigenvalue weighted by atomic mass is 35.5. The fourth-order valence-electron chi connectivity index (χ4n) is 2.02. The summed E-state index contributed by atoms with van der Waals surface area (Å²) in [5.74, 6) is 2.06. The van der Waals surface area contributed by atoms with Gasteiger partial charge < -0.3 is 19.9 Å². The molecule has 1 aliphatic rings. The number of aromatic nitrogens is 2. The normalized spacial score (nSPS) is 13.4. The van der Waals surface area contributed by atoms with Crippen molar-refractivity contribution in [3.8, 4) is 28.4 Å². The molecule has 1 aromatic heterocycles. The summed E-state index contributed by atoms with van der Waals surface area (Å²) < 4.78 is 16.5. The zero-order chi connectivity index (χ0) is 13.4. The van der Waals surface area contributed by atoms with E-state index in [-0.39, 0.29) is 0 Å². The second kappa shape index (κ2) is 4.55. The lowest BCUT2D eigenvalue weighted by atomic mass is 10.1. The molecule has 6 nitrogen and oxygen atoms in total. The number of nitrogens with one attached hydrogen (secondary N) is 1. The maximum atomic E-state index is 6.35. The number of anilines is 1. The first-order valence-corrected chi connectivity index (χ1v) is 6.05. The van der Waals surface area contributed by atoms with Gasteiger partial charge in [-0.1, -0.05) is 11.6 Å². The Morgan fingerprint density at radius 1 is 1.42 bits per heavy atom. The molecule has 100 valence electrons. The number of fused-ring (bicyclic) bond motifs is 1. The monoisotopic (exact) mass is 281 g/mol. The fourth-order valence-corrected chi connectivity index (χ4v) is 2.34. The zero-order valence-corrected chi connectivity index (χ0v) is 11.0. The van der Waals surface area contributed by atoms with E-state index in [9.17, 15) is 0 Å². The summed E-state index contributed by atoms with van der Waals surface area (Å²) in [5, 5.41) is 6.98. The van der Waals surface area contributed by atoms with Crippen molar-refractivity contribution in [2.45, 2.75) is 0 Å². The Kier molecular flexibility index (Phi) is 2.87. The van der Waals surface area contributed by atoms with Crippen LogP contribution in [0.3, 0.4) is 0 Å². The Morgan fingerprint density at radius 2 is 2.21 bits per heavy atom. The van der Waals surface area contributed by atoms with Crippen LogP contribution in [0.2, 0.25) is 5.02 Å². The number of nitrogens with zero attached hydrogens (tertiary/aromatic N) is 1. The molecule has 0 spiro atoms. The van der Waals surface area contributed by atoms with E-state index in [0.29, 0.717) is 52.4 Å². The molecule has 3 N–H and O–H groups in total. The van der Waals surface area contributed by atoms with Crippen LogP contribution in [-0.4, -0.2) is 30.5 Å². The van der Waals surface area contributed by atoms with Crippen LogP contribution < -0.4 is 19.9 Å². The lowest BCUT2D eigenvalue weighted by Gasteiger charge is -2.23. The molecule has 0 saturated heterocycles. The second-order valence-electron chi connectivity index (χ2n) is 3.99.